The van der Waals surface area contributed by atoms with Gasteiger partial charge in [-0.1, -0.05) is 17.3 Å². The molecular formula is C26H41IN6O3. The zero-order chi connectivity index (χ0) is 25.8. The third kappa shape index (κ3) is 8.43. The summed E-state index contributed by atoms with van der Waals surface area (Å²) in [7, 11) is 4.03. The second-order valence-corrected chi connectivity index (χ2v) is 10.8. The number of rotatable bonds is 8. The largest absolute Gasteiger partial charge is 0.444 e. The average Bonchev–Trinajstić information content (AvgIpc) is 3.26. The third-order valence-electron chi connectivity index (χ3n) is 5.79. The SMILES string of the molecule is CC(C)Nc1cc(-c2noc(C3CCN(C(=O)OC(C)(C)C)CC3)n2)ccc1C(=N)CCN(C)C.I. The van der Waals surface area contributed by atoms with Gasteiger partial charge in [0, 0.05) is 60.5 Å². The van der Waals surface area contributed by atoms with E-state index in [0.29, 0.717) is 36.9 Å². The van der Waals surface area contributed by atoms with Gasteiger partial charge in [-0.15, -0.1) is 24.0 Å². The van der Waals surface area contributed by atoms with Crippen LogP contribution in [-0.4, -0.2) is 77.1 Å². The molecule has 0 saturated carbocycles. The van der Waals surface area contributed by atoms with Crippen molar-refractivity contribution in [2.45, 2.75) is 71.4 Å². The molecule has 1 amide bonds. The van der Waals surface area contributed by atoms with Gasteiger partial charge in [0.2, 0.25) is 11.7 Å². The predicted molar refractivity (Wildman–Crippen MR) is 154 cm³/mol. The molecular weight excluding hydrogens is 571 g/mol. The molecule has 0 bridgehead atoms. The molecule has 1 saturated heterocycles. The van der Waals surface area contributed by atoms with Crippen LogP contribution in [0.5, 0.6) is 0 Å². The highest BCUT2D eigenvalue weighted by molar-refractivity contribution is 14.0. The number of hydrogen-bond donors (Lipinski definition) is 2. The van der Waals surface area contributed by atoms with Crippen molar-refractivity contribution in [1.82, 2.24) is 19.9 Å². The second-order valence-electron chi connectivity index (χ2n) is 10.8. The molecule has 1 aromatic heterocycles. The van der Waals surface area contributed by atoms with Crippen LogP contribution in [0.4, 0.5) is 10.5 Å². The fraction of sp³-hybridized carbons (Fsp3) is 0.615. The molecule has 2 heterocycles. The molecule has 1 aliphatic rings. The Hall–Kier alpha value is -2.21. The number of anilines is 1. The van der Waals surface area contributed by atoms with Crippen LogP contribution >= 0.6 is 24.0 Å². The Morgan fingerprint density at radius 2 is 1.94 bits per heavy atom. The summed E-state index contributed by atoms with van der Waals surface area (Å²) in [5, 5.41) is 16.3. The van der Waals surface area contributed by atoms with Gasteiger partial charge in [-0.05, 0) is 67.6 Å². The summed E-state index contributed by atoms with van der Waals surface area (Å²) in [6.45, 7) is 11.8. The Labute approximate surface area is 231 Å². The molecule has 3 rings (SSSR count). The Kier molecular flexibility index (Phi) is 10.7. The van der Waals surface area contributed by atoms with Crippen molar-refractivity contribution < 1.29 is 14.1 Å². The van der Waals surface area contributed by atoms with Crippen molar-refractivity contribution in [3.05, 3.63) is 29.7 Å². The summed E-state index contributed by atoms with van der Waals surface area (Å²) in [6, 6.07) is 6.14. The normalized spacial score (nSPS) is 14.6. The molecule has 0 radical (unpaired) electrons. The zero-order valence-electron chi connectivity index (χ0n) is 22.6. The number of piperidine rings is 1. The lowest BCUT2D eigenvalue weighted by Gasteiger charge is -2.32. The van der Waals surface area contributed by atoms with E-state index in [1.807, 2.05) is 53.1 Å². The first kappa shape index (κ1) is 30.0. The van der Waals surface area contributed by atoms with Crippen molar-refractivity contribution in [3.8, 4) is 11.4 Å². The number of amides is 1. The van der Waals surface area contributed by atoms with E-state index < -0.39 is 5.60 Å². The first-order valence-electron chi connectivity index (χ1n) is 12.4. The van der Waals surface area contributed by atoms with Crippen molar-refractivity contribution in [3.63, 3.8) is 0 Å². The molecule has 0 spiro atoms. The molecule has 0 atom stereocenters. The van der Waals surface area contributed by atoms with Gasteiger partial charge < -0.3 is 29.8 Å². The molecule has 1 aliphatic heterocycles. The first-order valence-corrected chi connectivity index (χ1v) is 12.4. The minimum Gasteiger partial charge on any atom is -0.444 e. The molecule has 2 aromatic rings. The van der Waals surface area contributed by atoms with E-state index in [1.54, 1.807) is 4.90 Å². The van der Waals surface area contributed by atoms with Crippen LogP contribution in [-0.2, 0) is 4.74 Å². The van der Waals surface area contributed by atoms with E-state index >= 15 is 0 Å². The van der Waals surface area contributed by atoms with Gasteiger partial charge in [-0.3, -0.25) is 0 Å². The van der Waals surface area contributed by atoms with Crippen LogP contribution < -0.4 is 5.32 Å². The molecule has 200 valence electrons. The van der Waals surface area contributed by atoms with Gasteiger partial charge in [-0.25, -0.2) is 4.79 Å². The van der Waals surface area contributed by atoms with E-state index in [-0.39, 0.29) is 42.0 Å². The maximum absolute atomic E-state index is 12.3. The first-order chi connectivity index (χ1) is 16.4. The Balaban J connectivity index is 0.00000456. The van der Waals surface area contributed by atoms with Gasteiger partial charge in [0.15, 0.2) is 0 Å². The molecule has 36 heavy (non-hydrogen) atoms. The van der Waals surface area contributed by atoms with Crippen LogP contribution in [0.1, 0.15) is 71.3 Å². The van der Waals surface area contributed by atoms with Gasteiger partial charge >= 0.3 is 6.09 Å². The van der Waals surface area contributed by atoms with Crippen LogP contribution in [0.25, 0.3) is 11.4 Å². The zero-order valence-corrected chi connectivity index (χ0v) is 24.9. The fourth-order valence-corrected chi connectivity index (χ4v) is 4.00. The average molecular weight is 613 g/mol. The summed E-state index contributed by atoms with van der Waals surface area (Å²) in [5.41, 5.74) is 2.73. The smallest absolute Gasteiger partial charge is 0.410 e. The van der Waals surface area contributed by atoms with Gasteiger partial charge in [-0.2, -0.15) is 4.98 Å². The molecule has 0 unspecified atom stereocenters. The van der Waals surface area contributed by atoms with Crippen LogP contribution in [0.3, 0.4) is 0 Å². The monoisotopic (exact) mass is 612 g/mol. The number of hydrogen-bond acceptors (Lipinski definition) is 8. The van der Waals surface area contributed by atoms with Crippen molar-refractivity contribution >= 4 is 41.5 Å². The van der Waals surface area contributed by atoms with Crippen LogP contribution in [0, 0.1) is 5.41 Å². The summed E-state index contributed by atoms with van der Waals surface area (Å²) in [4.78, 5) is 20.8. The lowest BCUT2D eigenvalue weighted by molar-refractivity contribution is 0.0198. The highest BCUT2D eigenvalue weighted by atomic mass is 127. The van der Waals surface area contributed by atoms with Crippen LogP contribution in [0.15, 0.2) is 22.7 Å². The number of nitrogens with one attached hydrogen (secondary N) is 2. The van der Waals surface area contributed by atoms with Crippen LogP contribution in [0.2, 0.25) is 0 Å². The third-order valence-corrected chi connectivity index (χ3v) is 5.79. The topological polar surface area (TPSA) is 108 Å². The van der Waals surface area contributed by atoms with E-state index in [4.69, 9.17) is 14.7 Å². The van der Waals surface area contributed by atoms with E-state index in [9.17, 15) is 4.79 Å². The quantitative estimate of drug-likeness (QED) is 0.295. The molecule has 10 heteroatoms. The standard InChI is InChI=1S/C26H40N6O3.HI/c1-17(2)28-22-16-19(8-9-20(22)21(27)12-13-31(6)7)23-29-24(35-30-23)18-10-14-32(15-11-18)25(33)34-26(3,4)5;/h8-9,16-18,27-28H,10-15H2,1-7H3;1H. The Bertz CT molecular complexity index is 1020. The molecule has 2 N–H and O–H groups in total. The summed E-state index contributed by atoms with van der Waals surface area (Å²) < 4.78 is 11.1. The number of nitrogens with zero attached hydrogens (tertiary/aromatic N) is 4. The maximum Gasteiger partial charge on any atom is 0.410 e. The number of benzene rings is 1. The lowest BCUT2D eigenvalue weighted by atomic mass is 9.97. The number of ether oxygens (including phenoxy) is 1. The highest BCUT2D eigenvalue weighted by Gasteiger charge is 2.30. The number of likely N-dealkylation sites (tertiary alicyclic amines) is 1. The molecule has 9 nitrogen and oxygen atoms in total. The number of aromatic nitrogens is 2. The minimum atomic E-state index is -0.501. The van der Waals surface area contributed by atoms with Crippen molar-refractivity contribution in [2.24, 2.45) is 0 Å². The lowest BCUT2D eigenvalue weighted by Crippen LogP contribution is -2.41. The van der Waals surface area contributed by atoms with Gasteiger partial charge in [0.25, 0.3) is 0 Å². The molecule has 1 fully saturated rings. The summed E-state index contributed by atoms with van der Waals surface area (Å²) in [6.07, 6.45) is 1.91. The van der Waals surface area contributed by atoms with Crippen molar-refractivity contribution in [2.75, 3.05) is 39.0 Å². The van der Waals surface area contributed by atoms with Crippen molar-refractivity contribution in [1.29, 1.82) is 5.41 Å². The number of carbonyl (C=O) groups excluding carboxylic acids is 1. The highest BCUT2D eigenvalue weighted by Crippen LogP contribution is 2.31. The maximum atomic E-state index is 12.3. The Morgan fingerprint density at radius 3 is 2.53 bits per heavy atom. The molecule has 1 aromatic carbocycles. The van der Waals surface area contributed by atoms with E-state index in [0.717, 1.165) is 36.2 Å². The fourth-order valence-electron chi connectivity index (χ4n) is 4.00. The number of carbonyl (C=O) groups is 1. The van der Waals surface area contributed by atoms with Gasteiger partial charge in [0.1, 0.15) is 5.60 Å². The summed E-state index contributed by atoms with van der Waals surface area (Å²) in [5.74, 6) is 1.25. The minimum absolute atomic E-state index is 0. The number of halogens is 1. The molecule has 0 aliphatic carbocycles. The summed E-state index contributed by atoms with van der Waals surface area (Å²) >= 11 is 0. The predicted octanol–water partition coefficient (Wildman–Crippen LogP) is 5.61. The Morgan fingerprint density at radius 1 is 1.28 bits per heavy atom. The van der Waals surface area contributed by atoms with E-state index in [2.05, 4.69) is 34.2 Å². The van der Waals surface area contributed by atoms with Gasteiger partial charge in [0.05, 0.1) is 0 Å². The van der Waals surface area contributed by atoms with E-state index in [1.165, 1.54) is 0 Å². The second kappa shape index (κ2) is 12.8.